The standard InChI is InChI=1S/ClH.Co.6H2O.O.Zr/h1H;;6*1H2;;. The van der Waals surface area contributed by atoms with Gasteiger partial charge in [0.25, 0.3) is 0 Å². The van der Waals surface area contributed by atoms with Gasteiger partial charge in [0.2, 0.25) is 0 Å². The van der Waals surface area contributed by atoms with Gasteiger partial charge in [0.05, 0.1) is 0 Å². The van der Waals surface area contributed by atoms with Gasteiger partial charge in [-0.05, 0) is 0 Å². The minimum atomic E-state index is 0. The van der Waals surface area contributed by atoms with Crippen molar-refractivity contribution >= 4 is 12.4 Å². The van der Waals surface area contributed by atoms with Gasteiger partial charge in [0, 0.05) is 16.8 Å². The van der Waals surface area contributed by atoms with E-state index in [0.29, 0.717) is 24.7 Å². The first-order chi connectivity index (χ1) is 1.00. The Hall–Kier alpha value is 1.24. The zero-order chi connectivity index (χ0) is 2.00. The molecule has 0 aliphatic rings. The van der Waals surface area contributed by atoms with Gasteiger partial charge in [-0.15, -0.1) is 12.4 Å². The molecule has 0 saturated heterocycles. The molecule has 12 N–H and O–H groups in total. The van der Waals surface area contributed by atoms with Crippen molar-refractivity contribution in [2.24, 2.45) is 0 Å². The van der Waals surface area contributed by atoms with Gasteiger partial charge in [-0.25, -0.2) is 0 Å². The summed E-state index contributed by atoms with van der Waals surface area (Å²) in [6.07, 6.45) is 0. The molecule has 10 heavy (non-hydrogen) atoms. The van der Waals surface area contributed by atoms with Crippen LogP contribution in [-0.4, -0.2) is 32.9 Å². The molecule has 0 heterocycles. The van der Waals surface area contributed by atoms with Gasteiger partial charge in [-0.1, -0.05) is 0 Å². The molecular weight excluding hydrogens is 298 g/mol. The summed E-state index contributed by atoms with van der Waals surface area (Å²) in [4.78, 5) is 0. The van der Waals surface area contributed by atoms with Crippen LogP contribution in [0.1, 0.15) is 0 Å². The number of hydrogen-bond donors (Lipinski definition) is 0. The summed E-state index contributed by atoms with van der Waals surface area (Å²) in [5.74, 6) is 0. The van der Waals surface area contributed by atoms with Crippen LogP contribution in [0.5, 0.6) is 0 Å². The van der Waals surface area contributed by atoms with Crippen molar-refractivity contribution in [3.05, 3.63) is 0 Å². The summed E-state index contributed by atoms with van der Waals surface area (Å²) >= 11 is 0.300. The van der Waals surface area contributed by atoms with Crippen molar-refractivity contribution in [2.75, 3.05) is 0 Å². The van der Waals surface area contributed by atoms with E-state index in [1.54, 1.807) is 0 Å². The summed E-state index contributed by atoms with van der Waals surface area (Å²) in [5.41, 5.74) is 0. The normalized spacial score (nSPS) is 0.300. The average molecular weight is 311 g/mol. The van der Waals surface area contributed by atoms with E-state index in [4.69, 9.17) is 2.81 Å². The molecule has 0 aromatic heterocycles. The maximum absolute atomic E-state index is 8.34. The van der Waals surface area contributed by atoms with Crippen molar-refractivity contribution in [3.8, 4) is 0 Å². The second kappa shape index (κ2) is 569. The fourth-order valence-corrected chi connectivity index (χ4v) is 0. The molecule has 0 bridgehead atoms. The SMILES string of the molecule is Cl.O.O.O.O.O.O.[Co].[O]=[Zr]. The van der Waals surface area contributed by atoms with Gasteiger partial charge in [-0.3, -0.25) is 0 Å². The predicted octanol–water partition coefficient (Wildman–Crippen LogP) is -4.65. The third kappa shape index (κ3) is 408. The molecular formula is H13ClCoO7Zr. The van der Waals surface area contributed by atoms with Crippen LogP contribution >= 0.6 is 12.4 Å². The molecule has 7 nitrogen and oxygen atoms in total. The van der Waals surface area contributed by atoms with Crippen molar-refractivity contribution < 1.29 is 77.2 Å². The molecule has 0 spiro atoms. The van der Waals surface area contributed by atoms with E-state index in [2.05, 4.69) is 0 Å². The summed E-state index contributed by atoms with van der Waals surface area (Å²) < 4.78 is 8.34. The number of rotatable bonds is 0. The summed E-state index contributed by atoms with van der Waals surface area (Å²) in [7, 11) is 0. The molecule has 0 aliphatic heterocycles. The van der Waals surface area contributed by atoms with Crippen LogP contribution in [0, 0.1) is 0 Å². The zero-order valence-corrected chi connectivity index (χ0v) is 8.97. The van der Waals surface area contributed by atoms with Gasteiger partial charge in [0.1, 0.15) is 0 Å². The Morgan fingerprint density at radius 3 is 0.600 bits per heavy atom. The fourth-order valence-electron chi connectivity index (χ4n) is 0. The Morgan fingerprint density at radius 1 is 0.600 bits per heavy atom. The summed E-state index contributed by atoms with van der Waals surface area (Å²) in [6, 6.07) is 0. The zero-order valence-electron chi connectivity index (χ0n) is 4.65. The molecule has 0 amide bonds. The minimum absolute atomic E-state index is 0. The Labute approximate surface area is 89.3 Å². The van der Waals surface area contributed by atoms with E-state index < -0.39 is 0 Å². The third-order valence-corrected chi connectivity index (χ3v) is 0. The topological polar surface area (TPSA) is 206 Å². The van der Waals surface area contributed by atoms with E-state index in [9.17, 15) is 0 Å². The molecule has 0 aromatic carbocycles. The van der Waals surface area contributed by atoms with Crippen LogP contribution in [0.15, 0.2) is 0 Å². The Balaban J connectivity index is -0.000000000179. The van der Waals surface area contributed by atoms with E-state index in [-0.39, 0.29) is 62.0 Å². The maximum atomic E-state index is 8.34. The second-order valence-corrected chi connectivity index (χ2v) is 0. The van der Waals surface area contributed by atoms with Gasteiger partial charge in [0.15, 0.2) is 0 Å². The number of hydrogen-bond acceptors (Lipinski definition) is 1. The molecule has 0 aromatic rings. The van der Waals surface area contributed by atoms with Gasteiger partial charge in [-0.2, -0.15) is 0 Å². The monoisotopic (exact) mass is 309 g/mol. The van der Waals surface area contributed by atoms with E-state index in [0.717, 1.165) is 0 Å². The fraction of sp³-hybridized carbons (Fsp3) is 0. The van der Waals surface area contributed by atoms with Crippen LogP contribution in [-0.2, 0) is 44.3 Å². The van der Waals surface area contributed by atoms with E-state index >= 15 is 0 Å². The molecule has 1 radical (unpaired) electrons. The van der Waals surface area contributed by atoms with Crippen LogP contribution < -0.4 is 0 Å². The molecule has 0 aliphatic carbocycles. The van der Waals surface area contributed by atoms with Crippen molar-refractivity contribution in [1.29, 1.82) is 0 Å². The van der Waals surface area contributed by atoms with Crippen LogP contribution in [0.4, 0.5) is 0 Å². The first-order valence-electron chi connectivity index (χ1n) is 0.204. The molecule has 0 unspecified atom stereocenters. The van der Waals surface area contributed by atoms with E-state index in [1.165, 1.54) is 0 Å². The average Bonchev–Trinajstić information content (AvgIpc) is 1.00. The molecule has 75 valence electrons. The quantitative estimate of drug-likeness (QED) is 0.424. The molecule has 10 heteroatoms. The first kappa shape index (κ1) is 235. The van der Waals surface area contributed by atoms with Crippen molar-refractivity contribution in [1.82, 2.24) is 0 Å². The van der Waals surface area contributed by atoms with Crippen molar-refractivity contribution in [3.63, 3.8) is 0 Å². The Bertz CT molecular complexity index is 13.6. The Morgan fingerprint density at radius 2 is 0.600 bits per heavy atom. The summed E-state index contributed by atoms with van der Waals surface area (Å²) in [5, 5.41) is 0. The van der Waals surface area contributed by atoms with Crippen LogP contribution in [0.2, 0.25) is 0 Å². The Kier molecular flexibility index (Phi) is 13400. The third-order valence-electron chi connectivity index (χ3n) is 0. The first-order valence-corrected chi connectivity index (χ1v) is 1.21. The number of halogens is 1. The van der Waals surface area contributed by atoms with Crippen LogP contribution in [0.3, 0.4) is 0 Å². The second-order valence-electron chi connectivity index (χ2n) is 0. The molecule has 0 rings (SSSR count). The van der Waals surface area contributed by atoms with Crippen LogP contribution in [0.25, 0.3) is 0 Å². The molecule has 0 saturated carbocycles. The molecule has 0 fully saturated rings. The van der Waals surface area contributed by atoms with E-state index in [1.807, 2.05) is 0 Å². The van der Waals surface area contributed by atoms with Crippen molar-refractivity contribution in [2.45, 2.75) is 0 Å². The van der Waals surface area contributed by atoms with Gasteiger partial charge < -0.3 is 32.9 Å². The molecule has 0 atom stereocenters. The summed E-state index contributed by atoms with van der Waals surface area (Å²) in [6.45, 7) is 0. The predicted molar refractivity (Wildman–Crippen MR) is 29.6 cm³/mol. The van der Waals surface area contributed by atoms with Gasteiger partial charge >= 0.3 is 27.5 Å².